The summed E-state index contributed by atoms with van der Waals surface area (Å²) >= 11 is 0. The first-order chi connectivity index (χ1) is 24.7. The zero-order valence-electron chi connectivity index (χ0n) is 29.9. The summed E-state index contributed by atoms with van der Waals surface area (Å²) < 4.78 is 2.01. The van der Waals surface area contributed by atoms with Gasteiger partial charge in [0.25, 0.3) is 11.8 Å². The van der Waals surface area contributed by atoms with Gasteiger partial charge in [0, 0.05) is 57.1 Å². The Balaban J connectivity index is 0.00000200. The van der Waals surface area contributed by atoms with Crippen molar-refractivity contribution in [3.63, 3.8) is 0 Å². The molecule has 0 unspecified atom stereocenters. The van der Waals surface area contributed by atoms with Crippen LogP contribution in [0.25, 0.3) is 44.6 Å². The van der Waals surface area contributed by atoms with Crippen LogP contribution >= 0.6 is 0 Å². The third-order valence-corrected chi connectivity index (χ3v) is 9.55. The molecule has 1 aliphatic carbocycles. The average Bonchev–Trinajstić information content (AvgIpc) is 3.68. The highest BCUT2D eigenvalue weighted by atomic mass is 16.2. The second-order valence-electron chi connectivity index (χ2n) is 13.3. The normalized spacial score (nSPS) is 15.1. The molecule has 9 heteroatoms. The Bertz CT molecular complexity index is 2310. The summed E-state index contributed by atoms with van der Waals surface area (Å²) in [5, 5.41) is 10.1. The van der Waals surface area contributed by atoms with E-state index in [4.69, 9.17) is 4.98 Å². The minimum atomic E-state index is -0.773. The summed E-state index contributed by atoms with van der Waals surface area (Å²) in [6, 6.07) is 29.5. The van der Waals surface area contributed by atoms with Crippen LogP contribution in [0.15, 0.2) is 116 Å². The molecule has 2 aliphatic rings. The van der Waals surface area contributed by atoms with Gasteiger partial charge in [-0.3, -0.25) is 18.9 Å². The highest BCUT2D eigenvalue weighted by Gasteiger charge is 2.54. The lowest BCUT2D eigenvalue weighted by molar-refractivity contribution is 0.0313. The minimum Gasteiger partial charge on any atom is -0.382 e. The Labute approximate surface area is 298 Å². The molecule has 51 heavy (non-hydrogen) atoms. The van der Waals surface area contributed by atoms with Gasteiger partial charge in [0.05, 0.1) is 33.6 Å². The number of imide groups is 1. The van der Waals surface area contributed by atoms with Crippen LogP contribution in [-0.4, -0.2) is 74.3 Å². The van der Waals surface area contributed by atoms with Gasteiger partial charge in [-0.15, -0.1) is 10.2 Å². The molecule has 9 nitrogen and oxygen atoms in total. The molecule has 8 rings (SSSR count). The summed E-state index contributed by atoms with van der Waals surface area (Å²) in [5.41, 5.74) is 8.23. The molecular formula is C42H41N7O2. The van der Waals surface area contributed by atoms with E-state index in [9.17, 15) is 9.59 Å². The van der Waals surface area contributed by atoms with Crippen LogP contribution in [-0.2, 0) is 5.54 Å². The highest BCUT2D eigenvalue weighted by molar-refractivity contribution is 6.22. The number of nitrogens with zero attached hydrogens (tertiary/aromatic N) is 7. The number of aromatic nitrogens is 4. The third kappa shape index (κ3) is 5.45. The minimum absolute atomic E-state index is 0.252. The number of benzene rings is 3. The first-order valence-electron chi connectivity index (χ1n) is 17.2. The molecule has 1 aliphatic heterocycles. The summed E-state index contributed by atoms with van der Waals surface area (Å²) in [6.07, 6.45) is 5.07. The quantitative estimate of drug-likeness (QED) is 0.126. The van der Waals surface area contributed by atoms with Crippen LogP contribution in [0.3, 0.4) is 0 Å². The molecule has 0 N–H and O–H groups in total. The highest BCUT2D eigenvalue weighted by Crippen LogP contribution is 2.52. The summed E-state index contributed by atoms with van der Waals surface area (Å²) in [7, 11) is 7.96. The van der Waals surface area contributed by atoms with Gasteiger partial charge < -0.3 is 9.80 Å². The number of hydrogen-bond donors (Lipinski definition) is 0. The van der Waals surface area contributed by atoms with Crippen LogP contribution in [0.1, 0.15) is 58.8 Å². The van der Waals surface area contributed by atoms with Crippen molar-refractivity contribution >= 4 is 34.1 Å². The molecule has 0 spiro atoms. The number of carbonyl (C=O) groups excluding carboxylic acids is 2. The number of carbonyl (C=O) groups is 2. The lowest BCUT2D eigenvalue weighted by Crippen LogP contribution is -2.54. The largest absolute Gasteiger partial charge is 0.382 e. The van der Waals surface area contributed by atoms with E-state index in [1.165, 1.54) is 4.90 Å². The summed E-state index contributed by atoms with van der Waals surface area (Å²) in [6.45, 7) is 8.17. The van der Waals surface area contributed by atoms with Crippen molar-refractivity contribution in [3.8, 4) is 22.4 Å². The second-order valence-corrected chi connectivity index (χ2v) is 13.3. The van der Waals surface area contributed by atoms with E-state index in [1.807, 2.05) is 117 Å². The Morgan fingerprint density at radius 2 is 1.41 bits per heavy atom. The maximum absolute atomic E-state index is 13.6. The molecule has 4 heterocycles. The van der Waals surface area contributed by atoms with E-state index in [2.05, 4.69) is 35.0 Å². The van der Waals surface area contributed by atoms with E-state index in [-0.39, 0.29) is 11.8 Å². The van der Waals surface area contributed by atoms with E-state index in [0.717, 1.165) is 61.6 Å². The van der Waals surface area contributed by atoms with Crippen LogP contribution in [0.5, 0.6) is 0 Å². The van der Waals surface area contributed by atoms with Crippen LogP contribution < -0.4 is 0 Å². The van der Waals surface area contributed by atoms with Gasteiger partial charge in [0.15, 0.2) is 11.5 Å². The molecule has 0 bridgehead atoms. The van der Waals surface area contributed by atoms with Crippen molar-refractivity contribution in [2.45, 2.75) is 32.2 Å². The molecule has 0 saturated heterocycles. The van der Waals surface area contributed by atoms with Gasteiger partial charge in [-0.25, -0.2) is 4.98 Å². The van der Waals surface area contributed by atoms with Crippen LogP contribution in [0.4, 0.5) is 0 Å². The number of hydrogen-bond acceptors (Lipinski definition) is 7. The van der Waals surface area contributed by atoms with Crippen LogP contribution in [0, 0.1) is 0 Å². The van der Waals surface area contributed by atoms with Gasteiger partial charge in [-0.05, 0) is 48.2 Å². The predicted molar refractivity (Wildman–Crippen MR) is 203 cm³/mol. The third-order valence-electron chi connectivity index (χ3n) is 9.55. The molecule has 0 radical (unpaired) electrons. The lowest BCUT2D eigenvalue weighted by Gasteiger charge is -2.49. The standard InChI is InChI=1S/C40H35N7O2.C2H6/c1-25-22-40(23-25,47-38(48)29-13-9-10-14-30(29)39(47)49)28-17-15-27(16-18-28)35-31(26-11-7-6-8-12-26)21-32-33(41-35)19-20-46-36(32)42-43-37(46)34(45(4)5)24-44(2)3;1-2/h6-21,24H,1,22-23H2,2-5H3;1-2H3/b34-24-;. The van der Waals surface area contributed by atoms with Crippen molar-refractivity contribution in [2.75, 3.05) is 28.2 Å². The zero-order chi connectivity index (χ0) is 36.0. The van der Waals surface area contributed by atoms with E-state index in [1.54, 1.807) is 24.3 Å². The fourth-order valence-corrected chi connectivity index (χ4v) is 7.23. The second kappa shape index (κ2) is 13.0. The van der Waals surface area contributed by atoms with E-state index >= 15 is 0 Å². The van der Waals surface area contributed by atoms with Gasteiger partial charge >= 0.3 is 0 Å². The summed E-state index contributed by atoms with van der Waals surface area (Å²) in [4.78, 5) is 37.9. The maximum Gasteiger partial charge on any atom is 0.262 e. The van der Waals surface area contributed by atoms with Crippen molar-refractivity contribution in [3.05, 3.63) is 138 Å². The Morgan fingerprint density at radius 1 is 0.784 bits per heavy atom. The Morgan fingerprint density at radius 3 is 2.00 bits per heavy atom. The molecule has 3 aromatic carbocycles. The average molecular weight is 676 g/mol. The number of amides is 2. The first kappa shape index (κ1) is 33.4. The van der Waals surface area contributed by atoms with Crippen LogP contribution in [0.2, 0.25) is 0 Å². The predicted octanol–water partition coefficient (Wildman–Crippen LogP) is 7.90. The molecule has 2 amide bonds. The fraction of sp³-hybridized carbons (Fsp3) is 0.214. The smallest absolute Gasteiger partial charge is 0.262 e. The SMILES string of the molecule is C=C1CC(c2ccc(-c3nc4ccn5c(/C(=C/N(C)C)N(C)C)nnc5c4cc3-c3ccccc3)cc2)(N2C(=O)c3ccccc3C2=O)C1.CC. The lowest BCUT2D eigenvalue weighted by atomic mass is 9.67. The topological polar surface area (TPSA) is 86.9 Å². The Hall–Kier alpha value is -6.09. The molecule has 1 saturated carbocycles. The first-order valence-corrected chi connectivity index (χ1v) is 17.2. The van der Waals surface area contributed by atoms with E-state index < -0.39 is 5.54 Å². The molecule has 3 aromatic heterocycles. The van der Waals surface area contributed by atoms with Gasteiger partial charge in [-0.2, -0.15) is 0 Å². The molecule has 6 aromatic rings. The van der Waals surface area contributed by atoms with Gasteiger partial charge in [0.2, 0.25) is 0 Å². The Kier molecular flexibility index (Phi) is 8.51. The van der Waals surface area contributed by atoms with Crippen molar-refractivity contribution in [2.24, 2.45) is 0 Å². The maximum atomic E-state index is 13.6. The summed E-state index contributed by atoms with van der Waals surface area (Å²) in [5.74, 6) is 0.234. The number of rotatable bonds is 7. The van der Waals surface area contributed by atoms with Crippen molar-refractivity contribution in [1.82, 2.24) is 34.3 Å². The molecule has 256 valence electrons. The number of fused-ring (bicyclic) bond motifs is 4. The van der Waals surface area contributed by atoms with Gasteiger partial charge in [-0.1, -0.05) is 92.7 Å². The van der Waals surface area contributed by atoms with E-state index in [0.29, 0.717) is 24.0 Å². The fourth-order valence-electron chi connectivity index (χ4n) is 7.23. The zero-order valence-corrected chi connectivity index (χ0v) is 29.9. The van der Waals surface area contributed by atoms with Crippen molar-refractivity contribution < 1.29 is 9.59 Å². The molecule has 0 atom stereocenters. The molecular weight excluding hydrogens is 635 g/mol. The van der Waals surface area contributed by atoms with Gasteiger partial charge in [0.1, 0.15) is 0 Å². The molecule has 1 fully saturated rings. The van der Waals surface area contributed by atoms with Crippen molar-refractivity contribution in [1.29, 1.82) is 0 Å². The number of pyridine rings is 2. The monoisotopic (exact) mass is 675 g/mol.